The van der Waals surface area contributed by atoms with Gasteiger partial charge in [-0.15, -0.1) is 17.1 Å². The molecule has 1 aromatic rings. The number of aromatic hydroxyl groups is 1. The van der Waals surface area contributed by atoms with Crippen LogP contribution in [0.15, 0.2) is 24.8 Å². The van der Waals surface area contributed by atoms with Gasteiger partial charge in [-0.3, -0.25) is 10.1 Å². The third-order valence-corrected chi connectivity index (χ3v) is 2.65. The number of hydrazine groups is 1. The van der Waals surface area contributed by atoms with Crippen molar-refractivity contribution in [3.8, 4) is 11.5 Å². The first kappa shape index (κ1) is 17.4. The Bertz CT molecular complexity index is 604. The van der Waals surface area contributed by atoms with Crippen LogP contribution >= 0.6 is 12.2 Å². The van der Waals surface area contributed by atoms with E-state index in [0.29, 0.717) is 17.2 Å². The van der Waals surface area contributed by atoms with Crippen LogP contribution in [0.3, 0.4) is 0 Å². The fourth-order valence-corrected chi connectivity index (χ4v) is 1.64. The Morgan fingerprint density at radius 2 is 2.36 bits per heavy atom. The lowest BCUT2D eigenvalue weighted by Gasteiger charge is -2.06. The molecule has 9 heteroatoms. The lowest BCUT2D eigenvalue weighted by molar-refractivity contribution is -0.500. The normalized spacial score (nSPS) is 10.2. The van der Waals surface area contributed by atoms with Gasteiger partial charge in [0.05, 0.1) is 17.1 Å². The highest BCUT2D eigenvalue weighted by atomic mass is 32.1. The second-order valence-corrected chi connectivity index (χ2v) is 4.40. The van der Waals surface area contributed by atoms with Crippen molar-refractivity contribution in [2.45, 2.75) is 6.92 Å². The summed E-state index contributed by atoms with van der Waals surface area (Å²) >= 11 is 4.96. The number of hydrazone groups is 1. The van der Waals surface area contributed by atoms with Gasteiger partial charge in [-0.05, 0) is 25.2 Å². The lowest BCUT2D eigenvalue weighted by Crippen LogP contribution is -2.82. The number of nitro benzene ring substituents is 1. The second kappa shape index (κ2) is 8.57. The van der Waals surface area contributed by atoms with Gasteiger partial charge < -0.3 is 15.2 Å². The van der Waals surface area contributed by atoms with E-state index >= 15 is 0 Å². The minimum Gasteiger partial charge on any atom is -0.500 e. The third kappa shape index (κ3) is 5.02. The molecular formula is C13H17N4O4S+. The molecule has 1 aromatic carbocycles. The van der Waals surface area contributed by atoms with Crippen molar-refractivity contribution >= 4 is 29.2 Å². The Kier molecular flexibility index (Phi) is 6.77. The number of nitrogens with zero attached hydrogens (tertiary/aromatic N) is 1. The summed E-state index contributed by atoms with van der Waals surface area (Å²) in [6.45, 7) is 6.04. The zero-order valence-corrected chi connectivity index (χ0v) is 12.8. The molecular weight excluding hydrogens is 308 g/mol. The van der Waals surface area contributed by atoms with Gasteiger partial charge in [0.2, 0.25) is 10.9 Å². The first-order valence-corrected chi connectivity index (χ1v) is 6.78. The standard InChI is InChI=1S/C13H16N4O4S/c1-3-5-14-13(22)16-15-8-9-6-10(17(19)20)12(18)11(7-9)21-4-2/h3,6-8,18H,1,4-5H2,2H3,(H2,14,16,22)/p+1/b15-8+. The number of ether oxygens (including phenoxy) is 1. The third-order valence-electron chi connectivity index (χ3n) is 2.41. The predicted octanol–water partition coefficient (Wildman–Crippen LogP) is -0.236. The van der Waals surface area contributed by atoms with Crippen LogP contribution in [0.25, 0.3) is 0 Å². The highest BCUT2D eigenvalue weighted by molar-refractivity contribution is 7.80. The molecule has 0 fully saturated rings. The van der Waals surface area contributed by atoms with Crippen molar-refractivity contribution < 1.29 is 19.9 Å². The van der Waals surface area contributed by atoms with E-state index in [0.717, 1.165) is 0 Å². The summed E-state index contributed by atoms with van der Waals surface area (Å²) in [5.41, 5.74) is 2.67. The maximum absolute atomic E-state index is 10.9. The van der Waals surface area contributed by atoms with E-state index < -0.39 is 16.4 Å². The second-order valence-electron chi connectivity index (χ2n) is 3.99. The molecule has 0 aliphatic heterocycles. The van der Waals surface area contributed by atoms with Gasteiger partial charge in [-0.2, -0.15) is 0 Å². The minimum atomic E-state index is -0.682. The van der Waals surface area contributed by atoms with E-state index in [1.807, 2.05) is 0 Å². The van der Waals surface area contributed by atoms with Crippen molar-refractivity contribution in [3.05, 3.63) is 40.5 Å². The summed E-state index contributed by atoms with van der Waals surface area (Å²) in [4.78, 5) is 10.2. The number of phenols is 1. The van der Waals surface area contributed by atoms with Gasteiger partial charge >= 0.3 is 5.69 Å². The number of nitro groups is 1. The molecule has 0 radical (unpaired) electrons. The van der Waals surface area contributed by atoms with E-state index in [-0.39, 0.29) is 12.4 Å². The minimum absolute atomic E-state index is 0.0390. The Labute approximate surface area is 132 Å². The average Bonchev–Trinajstić information content (AvgIpc) is 2.48. The van der Waals surface area contributed by atoms with Crippen LogP contribution < -0.4 is 20.6 Å². The summed E-state index contributed by atoms with van der Waals surface area (Å²) in [5.74, 6) is -0.461. The quantitative estimate of drug-likeness (QED) is 0.180. The Morgan fingerprint density at radius 3 is 2.95 bits per heavy atom. The summed E-state index contributed by atoms with van der Waals surface area (Å²) in [6.07, 6.45) is 3.10. The highest BCUT2D eigenvalue weighted by Gasteiger charge is 2.20. The van der Waals surface area contributed by atoms with E-state index in [1.54, 1.807) is 13.0 Å². The van der Waals surface area contributed by atoms with Gasteiger partial charge in [-0.25, -0.2) is 0 Å². The Hall–Kier alpha value is -2.68. The van der Waals surface area contributed by atoms with Gasteiger partial charge in [0, 0.05) is 12.6 Å². The zero-order valence-electron chi connectivity index (χ0n) is 12.0. The molecule has 0 amide bonds. The molecule has 0 aliphatic carbocycles. The lowest BCUT2D eigenvalue weighted by atomic mass is 10.2. The van der Waals surface area contributed by atoms with Crippen LogP contribution in [0.4, 0.5) is 5.69 Å². The van der Waals surface area contributed by atoms with Crippen LogP contribution in [-0.4, -0.2) is 34.5 Å². The van der Waals surface area contributed by atoms with Crippen LogP contribution in [0.5, 0.6) is 11.5 Å². The van der Waals surface area contributed by atoms with Gasteiger partial charge in [-0.1, -0.05) is 6.08 Å². The molecule has 8 nitrogen and oxygen atoms in total. The number of nitrogens with one attached hydrogen (secondary N) is 3. The molecule has 0 unspecified atom stereocenters. The van der Waals surface area contributed by atoms with Crippen LogP contribution in [0.2, 0.25) is 0 Å². The van der Waals surface area contributed by atoms with Crippen molar-refractivity contribution in [2.24, 2.45) is 0 Å². The SMILES string of the molecule is C=CCNC(=S)N/[NH+]=C/c1cc(OCC)c(O)c([N+](=O)[O-])c1. The van der Waals surface area contributed by atoms with Crippen LogP contribution in [-0.2, 0) is 0 Å². The predicted molar refractivity (Wildman–Crippen MR) is 86.0 cm³/mol. The number of thiocarbonyl (C=S) groups is 1. The fraction of sp³-hybridized carbons (Fsp3) is 0.231. The molecule has 0 aliphatic rings. The summed E-state index contributed by atoms with van der Waals surface area (Å²) in [6, 6.07) is 2.69. The molecule has 0 bridgehead atoms. The highest BCUT2D eigenvalue weighted by Crippen LogP contribution is 2.36. The van der Waals surface area contributed by atoms with Crippen LogP contribution in [0, 0.1) is 10.1 Å². The molecule has 22 heavy (non-hydrogen) atoms. The molecule has 118 valence electrons. The van der Waals surface area contributed by atoms with E-state index in [4.69, 9.17) is 17.0 Å². The molecule has 4 N–H and O–H groups in total. The van der Waals surface area contributed by atoms with Gasteiger partial charge in [0.1, 0.15) is 0 Å². The first-order valence-electron chi connectivity index (χ1n) is 6.37. The maximum Gasteiger partial charge on any atom is 0.315 e. The smallest absolute Gasteiger partial charge is 0.315 e. The fourth-order valence-electron chi connectivity index (χ4n) is 1.50. The summed E-state index contributed by atoms with van der Waals surface area (Å²) < 4.78 is 5.18. The van der Waals surface area contributed by atoms with E-state index in [2.05, 4.69) is 22.4 Å². The molecule has 1 rings (SSSR count). The molecule has 0 spiro atoms. The van der Waals surface area contributed by atoms with Crippen molar-refractivity contribution in [3.63, 3.8) is 0 Å². The number of phenolic OH excluding ortho intramolecular Hbond substituents is 1. The number of hydrogen-bond donors (Lipinski definition) is 4. The molecule has 0 heterocycles. The van der Waals surface area contributed by atoms with E-state index in [1.165, 1.54) is 18.3 Å². The van der Waals surface area contributed by atoms with Gasteiger partial charge in [0.25, 0.3) is 0 Å². The molecule has 0 atom stereocenters. The van der Waals surface area contributed by atoms with E-state index in [9.17, 15) is 15.2 Å². The Morgan fingerprint density at radius 1 is 1.64 bits per heavy atom. The van der Waals surface area contributed by atoms with Crippen molar-refractivity contribution in [2.75, 3.05) is 13.2 Å². The average molecular weight is 325 g/mol. The van der Waals surface area contributed by atoms with Crippen molar-refractivity contribution in [1.29, 1.82) is 0 Å². The Balaban J connectivity index is 2.92. The largest absolute Gasteiger partial charge is 0.500 e. The number of rotatable bonds is 7. The first-order chi connectivity index (χ1) is 10.5. The van der Waals surface area contributed by atoms with Gasteiger partial charge in [0.15, 0.2) is 12.0 Å². The summed E-state index contributed by atoms with van der Waals surface area (Å²) in [7, 11) is 0. The topological polar surface area (TPSA) is 111 Å². The maximum atomic E-state index is 10.9. The zero-order chi connectivity index (χ0) is 16.5. The molecule has 0 saturated heterocycles. The molecule has 0 saturated carbocycles. The van der Waals surface area contributed by atoms with Crippen LogP contribution in [0.1, 0.15) is 12.5 Å². The number of hydrogen-bond acceptors (Lipinski definition) is 5. The van der Waals surface area contributed by atoms with Crippen molar-refractivity contribution in [1.82, 2.24) is 10.7 Å². The molecule has 0 aromatic heterocycles. The monoisotopic (exact) mass is 325 g/mol. The summed E-state index contributed by atoms with van der Waals surface area (Å²) in [5, 5.41) is 26.6. The number of benzene rings is 1.